The van der Waals surface area contributed by atoms with E-state index in [4.69, 9.17) is 16.3 Å². The lowest BCUT2D eigenvalue weighted by molar-refractivity contribution is 0.157. The van der Waals surface area contributed by atoms with Crippen molar-refractivity contribution in [2.24, 2.45) is 0 Å². The Labute approximate surface area is 87.2 Å². The first-order valence-electron chi connectivity index (χ1n) is 4.80. The SMILES string of the molecule is COCCCCN(C)C(C)(C)CCl. The van der Waals surface area contributed by atoms with Gasteiger partial charge < -0.3 is 9.64 Å². The average Bonchev–Trinajstić information content (AvgIpc) is 2.12. The maximum atomic E-state index is 5.86. The molecule has 13 heavy (non-hydrogen) atoms. The molecule has 0 heterocycles. The number of hydrogen-bond acceptors (Lipinski definition) is 2. The minimum atomic E-state index is 0.106. The third kappa shape index (κ3) is 5.50. The molecule has 0 saturated heterocycles. The maximum Gasteiger partial charge on any atom is 0.0462 e. The van der Waals surface area contributed by atoms with Crippen LogP contribution in [0.25, 0.3) is 0 Å². The zero-order valence-electron chi connectivity index (χ0n) is 9.27. The fourth-order valence-corrected chi connectivity index (χ4v) is 1.20. The van der Waals surface area contributed by atoms with Gasteiger partial charge in [-0.3, -0.25) is 0 Å². The molecule has 0 saturated carbocycles. The number of unbranched alkanes of at least 4 members (excludes halogenated alkanes) is 1. The minimum absolute atomic E-state index is 0.106. The van der Waals surface area contributed by atoms with E-state index in [1.54, 1.807) is 7.11 Å². The van der Waals surface area contributed by atoms with E-state index in [-0.39, 0.29) is 5.54 Å². The van der Waals surface area contributed by atoms with E-state index in [9.17, 15) is 0 Å². The summed E-state index contributed by atoms with van der Waals surface area (Å²) < 4.78 is 4.99. The number of hydrogen-bond donors (Lipinski definition) is 0. The molecule has 0 unspecified atom stereocenters. The van der Waals surface area contributed by atoms with Crippen molar-refractivity contribution in [1.29, 1.82) is 0 Å². The van der Waals surface area contributed by atoms with Crippen LogP contribution < -0.4 is 0 Å². The van der Waals surface area contributed by atoms with Crippen LogP contribution in [-0.4, -0.2) is 43.6 Å². The van der Waals surface area contributed by atoms with Gasteiger partial charge in [0.05, 0.1) is 0 Å². The molecule has 0 amide bonds. The zero-order chi connectivity index (χ0) is 10.3. The fourth-order valence-electron chi connectivity index (χ4n) is 1.00. The summed E-state index contributed by atoms with van der Waals surface area (Å²) in [4.78, 5) is 2.30. The Balaban J connectivity index is 3.55. The third-order valence-corrected chi connectivity index (χ3v) is 3.11. The van der Waals surface area contributed by atoms with E-state index in [1.165, 1.54) is 6.42 Å². The predicted molar refractivity (Wildman–Crippen MR) is 58.5 cm³/mol. The first-order chi connectivity index (χ1) is 6.04. The van der Waals surface area contributed by atoms with Gasteiger partial charge in [-0.2, -0.15) is 0 Å². The molecule has 80 valence electrons. The Hall–Kier alpha value is 0.210. The molecule has 0 aromatic carbocycles. The summed E-state index contributed by atoms with van der Waals surface area (Å²) in [5.74, 6) is 0.674. The molecule has 0 aliphatic rings. The zero-order valence-corrected chi connectivity index (χ0v) is 10.0. The molecule has 0 radical (unpaired) electrons. The maximum absolute atomic E-state index is 5.86. The highest BCUT2D eigenvalue weighted by Gasteiger charge is 2.21. The minimum Gasteiger partial charge on any atom is -0.385 e. The molecule has 0 fully saturated rings. The number of ether oxygens (including phenoxy) is 1. The van der Waals surface area contributed by atoms with Crippen molar-refractivity contribution in [3.63, 3.8) is 0 Å². The highest BCUT2D eigenvalue weighted by atomic mass is 35.5. The van der Waals surface area contributed by atoms with Crippen LogP contribution in [-0.2, 0) is 4.74 Å². The Morgan fingerprint density at radius 1 is 1.31 bits per heavy atom. The van der Waals surface area contributed by atoms with Crippen LogP contribution in [0.15, 0.2) is 0 Å². The Morgan fingerprint density at radius 3 is 2.38 bits per heavy atom. The van der Waals surface area contributed by atoms with Crippen LogP contribution in [0.2, 0.25) is 0 Å². The molecule has 0 spiro atoms. The van der Waals surface area contributed by atoms with E-state index >= 15 is 0 Å². The van der Waals surface area contributed by atoms with Crippen LogP contribution in [0.4, 0.5) is 0 Å². The normalized spacial score (nSPS) is 12.5. The van der Waals surface area contributed by atoms with Crippen molar-refractivity contribution in [3.8, 4) is 0 Å². The molecule has 0 aromatic rings. The summed E-state index contributed by atoms with van der Waals surface area (Å²) in [7, 11) is 3.86. The van der Waals surface area contributed by atoms with Gasteiger partial charge in [-0.1, -0.05) is 0 Å². The van der Waals surface area contributed by atoms with Crippen LogP contribution >= 0.6 is 11.6 Å². The van der Waals surface area contributed by atoms with Gasteiger partial charge in [0.2, 0.25) is 0 Å². The van der Waals surface area contributed by atoms with Crippen molar-refractivity contribution in [2.75, 3.05) is 33.2 Å². The third-order valence-electron chi connectivity index (χ3n) is 2.45. The van der Waals surface area contributed by atoms with Gasteiger partial charge in [0.25, 0.3) is 0 Å². The fraction of sp³-hybridized carbons (Fsp3) is 1.00. The summed E-state index contributed by atoms with van der Waals surface area (Å²) >= 11 is 5.86. The second kappa shape index (κ2) is 6.63. The molecule has 0 rings (SSSR count). The van der Waals surface area contributed by atoms with Crippen molar-refractivity contribution in [3.05, 3.63) is 0 Å². The van der Waals surface area contributed by atoms with E-state index in [1.807, 2.05) is 0 Å². The van der Waals surface area contributed by atoms with Crippen LogP contribution in [0, 0.1) is 0 Å². The largest absolute Gasteiger partial charge is 0.385 e. The van der Waals surface area contributed by atoms with Gasteiger partial charge in [0, 0.05) is 25.1 Å². The molecule has 0 atom stereocenters. The van der Waals surface area contributed by atoms with Gasteiger partial charge in [-0.05, 0) is 40.3 Å². The molecule has 3 heteroatoms. The predicted octanol–water partition coefficient (Wildman–Crippen LogP) is 2.36. The quantitative estimate of drug-likeness (QED) is 0.470. The van der Waals surface area contributed by atoms with Crippen molar-refractivity contribution >= 4 is 11.6 Å². The Bertz CT molecular complexity index is 128. The number of methoxy groups -OCH3 is 1. The van der Waals surface area contributed by atoms with E-state index in [0.717, 1.165) is 19.6 Å². The molecule has 0 N–H and O–H groups in total. The summed E-state index contributed by atoms with van der Waals surface area (Å²) in [5.41, 5.74) is 0.106. The molecule has 0 aliphatic heterocycles. The smallest absolute Gasteiger partial charge is 0.0462 e. The summed E-state index contributed by atoms with van der Waals surface area (Å²) in [6.07, 6.45) is 2.30. The summed E-state index contributed by atoms with van der Waals surface area (Å²) in [5, 5.41) is 0. The Kier molecular flexibility index (Phi) is 6.74. The highest BCUT2D eigenvalue weighted by molar-refractivity contribution is 6.18. The molecule has 0 aromatic heterocycles. The first-order valence-corrected chi connectivity index (χ1v) is 5.34. The van der Waals surface area contributed by atoms with E-state index in [0.29, 0.717) is 5.88 Å². The second-order valence-electron chi connectivity index (χ2n) is 4.07. The van der Waals surface area contributed by atoms with Crippen molar-refractivity contribution in [1.82, 2.24) is 4.90 Å². The van der Waals surface area contributed by atoms with Gasteiger partial charge in [0.15, 0.2) is 0 Å². The Morgan fingerprint density at radius 2 is 1.92 bits per heavy atom. The first kappa shape index (κ1) is 13.2. The molecule has 2 nitrogen and oxygen atoms in total. The van der Waals surface area contributed by atoms with Crippen LogP contribution in [0.3, 0.4) is 0 Å². The highest BCUT2D eigenvalue weighted by Crippen LogP contribution is 2.14. The summed E-state index contributed by atoms with van der Waals surface area (Å²) in [6, 6.07) is 0. The van der Waals surface area contributed by atoms with Gasteiger partial charge in [-0.25, -0.2) is 0 Å². The number of alkyl halides is 1. The molecule has 0 bridgehead atoms. The summed E-state index contributed by atoms with van der Waals surface area (Å²) in [6.45, 7) is 6.27. The number of rotatable bonds is 7. The lowest BCUT2D eigenvalue weighted by Crippen LogP contribution is -2.43. The van der Waals surface area contributed by atoms with Gasteiger partial charge in [0.1, 0.15) is 0 Å². The second-order valence-corrected chi connectivity index (χ2v) is 4.33. The lowest BCUT2D eigenvalue weighted by atomic mass is 10.1. The molecular weight excluding hydrogens is 186 g/mol. The van der Waals surface area contributed by atoms with Crippen LogP contribution in [0.5, 0.6) is 0 Å². The van der Waals surface area contributed by atoms with Gasteiger partial charge >= 0.3 is 0 Å². The van der Waals surface area contributed by atoms with Crippen molar-refractivity contribution in [2.45, 2.75) is 32.2 Å². The topological polar surface area (TPSA) is 12.5 Å². The van der Waals surface area contributed by atoms with Crippen molar-refractivity contribution < 1.29 is 4.74 Å². The molecule has 0 aliphatic carbocycles. The standard InChI is InChI=1S/C10H22ClNO/c1-10(2,9-11)12(3)7-5-6-8-13-4/h5-9H2,1-4H3. The lowest BCUT2D eigenvalue weighted by Gasteiger charge is -2.33. The number of nitrogens with zero attached hydrogens (tertiary/aromatic N) is 1. The van der Waals surface area contributed by atoms with E-state index in [2.05, 4.69) is 25.8 Å². The average molecular weight is 208 g/mol. The number of halogens is 1. The molecular formula is C10H22ClNO. The monoisotopic (exact) mass is 207 g/mol. The van der Waals surface area contributed by atoms with E-state index < -0.39 is 0 Å². The van der Waals surface area contributed by atoms with Crippen LogP contribution in [0.1, 0.15) is 26.7 Å². The van der Waals surface area contributed by atoms with Gasteiger partial charge in [-0.15, -0.1) is 11.6 Å².